The fraction of sp³-hybridized carbons (Fsp3) is 0.571. The third-order valence-corrected chi connectivity index (χ3v) is 5.19. The van der Waals surface area contributed by atoms with Gasteiger partial charge in [0.1, 0.15) is 4.83 Å². The van der Waals surface area contributed by atoms with Crippen molar-refractivity contribution in [2.24, 2.45) is 0 Å². The number of fused-ring (bicyclic) bond motifs is 1. The van der Waals surface area contributed by atoms with Gasteiger partial charge in [0.05, 0.1) is 24.1 Å². The smallest absolute Gasteiger partial charge is 0.332 e. The van der Waals surface area contributed by atoms with Crippen molar-refractivity contribution < 1.29 is 4.74 Å². The molecule has 1 fully saturated rings. The van der Waals surface area contributed by atoms with E-state index in [0.717, 1.165) is 23.2 Å². The Morgan fingerprint density at radius 2 is 2.10 bits per heavy atom. The van der Waals surface area contributed by atoms with Crippen molar-refractivity contribution in [3.8, 4) is 0 Å². The summed E-state index contributed by atoms with van der Waals surface area (Å²) in [6.45, 7) is 4.83. The summed E-state index contributed by atoms with van der Waals surface area (Å²) >= 11 is 1.45. The Morgan fingerprint density at radius 1 is 1.40 bits per heavy atom. The summed E-state index contributed by atoms with van der Waals surface area (Å²) in [4.78, 5) is 26.1. The maximum Gasteiger partial charge on any atom is 0.332 e. The number of methoxy groups -OCH3 is 1. The summed E-state index contributed by atoms with van der Waals surface area (Å²) in [5.74, 6) is 0. The highest BCUT2D eigenvalue weighted by Gasteiger charge is 2.42. The molecule has 2 aromatic heterocycles. The molecule has 0 aromatic carbocycles. The first-order valence-electron chi connectivity index (χ1n) is 6.73. The van der Waals surface area contributed by atoms with Gasteiger partial charge in [-0.25, -0.2) is 4.79 Å². The van der Waals surface area contributed by atoms with Crippen LogP contribution in [0.3, 0.4) is 0 Å². The van der Waals surface area contributed by atoms with Crippen LogP contribution in [0.4, 0.5) is 0 Å². The van der Waals surface area contributed by atoms with Gasteiger partial charge in [0, 0.05) is 7.11 Å². The zero-order valence-corrected chi connectivity index (χ0v) is 12.7. The van der Waals surface area contributed by atoms with Crippen molar-refractivity contribution in [3.63, 3.8) is 0 Å². The molecule has 0 saturated heterocycles. The zero-order valence-electron chi connectivity index (χ0n) is 11.9. The first kappa shape index (κ1) is 13.6. The number of nitrogens with zero attached hydrogens (tertiary/aromatic N) is 2. The van der Waals surface area contributed by atoms with Crippen LogP contribution in [0.5, 0.6) is 0 Å². The van der Waals surface area contributed by atoms with E-state index < -0.39 is 0 Å². The minimum atomic E-state index is -0.300. The number of hydrogen-bond donors (Lipinski definition) is 0. The van der Waals surface area contributed by atoms with Crippen molar-refractivity contribution in [1.29, 1.82) is 0 Å². The Kier molecular flexibility index (Phi) is 3.10. The van der Waals surface area contributed by atoms with Crippen LogP contribution in [-0.2, 0) is 16.8 Å². The van der Waals surface area contributed by atoms with E-state index in [0.29, 0.717) is 18.5 Å². The van der Waals surface area contributed by atoms with Gasteiger partial charge in [0.2, 0.25) is 0 Å². The average Bonchev–Trinajstić information content (AvgIpc) is 3.01. The van der Waals surface area contributed by atoms with Gasteiger partial charge < -0.3 is 4.74 Å². The van der Waals surface area contributed by atoms with E-state index in [1.165, 1.54) is 15.9 Å². The molecule has 0 bridgehead atoms. The molecular weight excluding hydrogens is 276 g/mol. The summed E-state index contributed by atoms with van der Waals surface area (Å²) in [5.41, 5.74) is 0.295. The van der Waals surface area contributed by atoms with Crippen LogP contribution in [0.25, 0.3) is 10.2 Å². The van der Waals surface area contributed by atoms with Crippen LogP contribution in [0.15, 0.2) is 15.0 Å². The highest BCUT2D eigenvalue weighted by atomic mass is 32.1. The molecule has 0 unspecified atom stereocenters. The molecule has 1 aliphatic carbocycles. The molecule has 0 N–H and O–H groups in total. The van der Waals surface area contributed by atoms with Crippen LogP contribution in [0.1, 0.15) is 25.3 Å². The fourth-order valence-electron chi connectivity index (χ4n) is 2.56. The molecule has 2 heterocycles. The molecule has 0 aliphatic heterocycles. The van der Waals surface area contributed by atoms with E-state index in [1.807, 2.05) is 19.2 Å². The molecule has 0 radical (unpaired) electrons. The van der Waals surface area contributed by atoms with E-state index in [4.69, 9.17) is 4.74 Å². The van der Waals surface area contributed by atoms with Gasteiger partial charge in [-0.3, -0.25) is 13.9 Å². The largest absolute Gasteiger partial charge is 0.383 e. The predicted molar refractivity (Wildman–Crippen MR) is 79.8 cm³/mol. The first-order valence-corrected chi connectivity index (χ1v) is 7.60. The van der Waals surface area contributed by atoms with Gasteiger partial charge in [-0.1, -0.05) is 0 Å². The third kappa shape index (κ3) is 1.86. The quantitative estimate of drug-likeness (QED) is 0.862. The summed E-state index contributed by atoms with van der Waals surface area (Å²) in [6.07, 6.45) is 1.78. The second-order valence-electron chi connectivity index (χ2n) is 5.66. The van der Waals surface area contributed by atoms with Crippen molar-refractivity contribution in [1.82, 2.24) is 9.13 Å². The van der Waals surface area contributed by atoms with Crippen molar-refractivity contribution >= 4 is 21.6 Å². The molecule has 6 heteroatoms. The highest BCUT2D eigenvalue weighted by Crippen LogP contribution is 2.41. The van der Waals surface area contributed by atoms with Gasteiger partial charge >= 0.3 is 5.69 Å². The van der Waals surface area contributed by atoms with Crippen molar-refractivity contribution in [3.05, 3.63) is 31.8 Å². The predicted octanol–water partition coefficient (Wildman–Crippen LogP) is 1.69. The van der Waals surface area contributed by atoms with Gasteiger partial charge in [0.25, 0.3) is 5.56 Å². The Bertz CT molecular complexity index is 780. The second-order valence-corrected chi connectivity index (χ2v) is 6.52. The Labute approximate surface area is 120 Å². The summed E-state index contributed by atoms with van der Waals surface area (Å²) in [5, 5.41) is 2.62. The molecule has 0 amide bonds. The summed E-state index contributed by atoms with van der Waals surface area (Å²) < 4.78 is 8.22. The number of aromatic nitrogens is 2. The van der Waals surface area contributed by atoms with Crippen LogP contribution in [-0.4, -0.2) is 22.9 Å². The lowest BCUT2D eigenvalue weighted by molar-refractivity contribution is 0.186. The topological polar surface area (TPSA) is 53.2 Å². The van der Waals surface area contributed by atoms with Gasteiger partial charge in [-0.15, -0.1) is 11.3 Å². The minimum absolute atomic E-state index is 0.141. The third-order valence-electron chi connectivity index (χ3n) is 4.07. The monoisotopic (exact) mass is 294 g/mol. The standard InChI is InChI=1S/C14H18N2O3S/c1-9-8-20-12-10(9)11(17)16(14(2)4-5-14)13(18)15(12)6-7-19-3/h8H,4-7H2,1-3H3. The Morgan fingerprint density at radius 3 is 2.70 bits per heavy atom. The van der Waals surface area contributed by atoms with Gasteiger partial charge in [0.15, 0.2) is 0 Å². The number of hydrogen-bond acceptors (Lipinski definition) is 4. The van der Waals surface area contributed by atoms with E-state index in [-0.39, 0.29) is 16.8 Å². The maximum absolute atomic E-state index is 12.7. The van der Waals surface area contributed by atoms with Crippen LogP contribution in [0.2, 0.25) is 0 Å². The molecule has 3 rings (SSSR count). The maximum atomic E-state index is 12.7. The van der Waals surface area contributed by atoms with Crippen LogP contribution < -0.4 is 11.2 Å². The van der Waals surface area contributed by atoms with Gasteiger partial charge in [-0.2, -0.15) is 0 Å². The van der Waals surface area contributed by atoms with Crippen molar-refractivity contribution in [2.75, 3.05) is 13.7 Å². The number of ether oxygens (including phenoxy) is 1. The number of aryl methyl sites for hydroxylation is 1. The first-order chi connectivity index (χ1) is 9.49. The zero-order chi connectivity index (χ0) is 14.5. The molecule has 1 saturated carbocycles. The highest BCUT2D eigenvalue weighted by molar-refractivity contribution is 7.17. The molecule has 20 heavy (non-hydrogen) atoms. The molecule has 1 aliphatic rings. The minimum Gasteiger partial charge on any atom is -0.383 e. The van der Waals surface area contributed by atoms with Crippen molar-refractivity contribution in [2.45, 2.75) is 38.8 Å². The molecule has 108 valence electrons. The average molecular weight is 294 g/mol. The Balaban J connectivity index is 2.37. The van der Waals surface area contributed by atoms with E-state index in [9.17, 15) is 9.59 Å². The molecule has 0 atom stereocenters. The molecule has 2 aromatic rings. The summed E-state index contributed by atoms with van der Waals surface area (Å²) in [6, 6.07) is 0. The van der Waals surface area contributed by atoms with Crippen LogP contribution in [0, 0.1) is 6.92 Å². The fourth-order valence-corrected chi connectivity index (χ4v) is 3.63. The molecular formula is C14H18N2O3S. The van der Waals surface area contributed by atoms with Gasteiger partial charge in [-0.05, 0) is 37.6 Å². The Hall–Kier alpha value is -1.40. The lowest BCUT2D eigenvalue weighted by Gasteiger charge is -2.16. The lowest BCUT2D eigenvalue weighted by Crippen LogP contribution is -2.44. The van der Waals surface area contributed by atoms with E-state index in [2.05, 4.69) is 0 Å². The second kappa shape index (κ2) is 4.56. The van der Waals surface area contributed by atoms with E-state index >= 15 is 0 Å². The van der Waals surface area contributed by atoms with Crippen LogP contribution >= 0.6 is 11.3 Å². The lowest BCUT2D eigenvalue weighted by atomic mass is 10.2. The SMILES string of the molecule is COCCn1c(=O)n(C2(C)CC2)c(=O)c2c(C)csc21. The van der Waals surface area contributed by atoms with E-state index in [1.54, 1.807) is 11.7 Å². The molecule has 0 spiro atoms. The number of rotatable bonds is 4. The summed E-state index contributed by atoms with van der Waals surface area (Å²) in [7, 11) is 1.61. The number of thiophene rings is 1. The normalized spacial score (nSPS) is 16.8. The molecule has 5 nitrogen and oxygen atoms in total.